The molecule has 3 nitrogen and oxygen atoms in total. The van der Waals surface area contributed by atoms with Crippen LogP contribution in [0, 0.1) is 23.2 Å². The van der Waals surface area contributed by atoms with Gasteiger partial charge in [-0.25, -0.2) is 0 Å². The monoisotopic (exact) mass is 302 g/mol. The van der Waals surface area contributed by atoms with Crippen LogP contribution in [-0.2, 0) is 6.42 Å². The summed E-state index contributed by atoms with van der Waals surface area (Å²) in [4.78, 5) is 0. The van der Waals surface area contributed by atoms with Gasteiger partial charge in [0.2, 0.25) is 0 Å². The molecule has 0 saturated heterocycles. The average Bonchev–Trinajstić information content (AvgIpc) is 2.74. The van der Waals surface area contributed by atoms with Crippen molar-refractivity contribution in [1.29, 1.82) is 0 Å². The molecule has 1 aromatic carbocycles. The highest BCUT2D eigenvalue weighted by Gasteiger charge is 2.56. The number of hydrogen-bond acceptors (Lipinski definition) is 3. The lowest BCUT2D eigenvalue weighted by Gasteiger charge is -2.53. The highest BCUT2D eigenvalue weighted by Crippen LogP contribution is 2.63. The van der Waals surface area contributed by atoms with Crippen molar-refractivity contribution in [1.82, 2.24) is 0 Å². The van der Waals surface area contributed by atoms with E-state index in [0.717, 1.165) is 43.2 Å². The second-order valence-corrected chi connectivity index (χ2v) is 8.15. The minimum Gasteiger partial charge on any atom is -0.508 e. The zero-order valence-electron chi connectivity index (χ0n) is 13.4. The second kappa shape index (κ2) is 4.64. The molecule has 4 rings (SSSR count). The van der Waals surface area contributed by atoms with Crippen molar-refractivity contribution in [3.05, 3.63) is 23.3 Å². The molecule has 0 amide bonds. The number of rotatable bonds is 0. The molecule has 3 heteroatoms. The molecular formula is C19H26O3. The van der Waals surface area contributed by atoms with Crippen LogP contribution < -0.4 is 0 Å². The van der Waals surface area contributed by atoms with Crippen LogP contribution in [0.15, 0.2) is 12.1 Å². The van der Waals surface area contributed by atoms with E-state index in [-0.39, 0.29) is 23.0 Å². The van der Waals surface area contributed by atoms with Crippen molar-refractivity contribution >= 4 is 0 Å². The Hall–Kier alpha value is -1.22. The molecular weight excluding hydrogens is 276 g/mol. The van der Waals surface area contributed by atoms with Crippen molar-refractivity contribution in [2.24, 2.45) is 23.2 Å². The lowest BCUT2D eigenvalue weighted by Crippen LogP contribution is -2.47. The second-order valence-electron chi connectivity index (χ2n) is 8.15. The van der Waals surface area contributed by atoms with E-state index in [1.807, 2.05) is 6.07 Å². The first-order chi connectivity index (χ1) is 10.4. The zero-order chi connectivity index (χ0) is 15.6. The van der Waals surface area contributed by atoms with Gasteiger partial charge in [0.1, 0.15) is 11.5 Å². The van der Waals surface area contributed by atoms with E-state index in [9.17, 15) is 15.3 Å². The van der Waals surface area contributed by atoms with Crippen LogP contribution in [0.5, 0.6) is 11.5 Å². The third-order valence-electron chi connectivity index (χ3n) is 7.02. The molecule has 2 fully saturated rings. The summed E-state index contributed by atoms with van der Waals surface area (Å²) >= 11 is 0. The first kappa shape index (κ1) is 14.4. The summed E-state index contributed by atoms with van der Waals surface area (Å²) in [5.41, 5.74) is 2.24. The maximum Gasteiger partial charge on any atom is 0.123 e. The van der Waals surface area contributed by atoms with Gasteiger partial charge in [0.15, 0.2) is 0 Å². The molecule has 0 aromatic heterocycles. The highest BCUT2D eigenvalue weighted by molar-refractivity contribution is 5.49. The van der Waals surface area contributed by atoms with Gasteiger partial charge in [0, 0.05) is 11.6 Å². The summed E-state index contributed by atoms with van der Waals surface area (Å²) in [7, 11) is 0. The van der Waals surface area contributed by atoms with Gasteiger partial charge in [0.05, 0.1) is 6.10 Å². The van der Waals surface area contributed by atoms with Crippen LogP contribution in [0.1, 0.15) is 56.6 Å². The van der Waals surface area contributed by atoms with Gasteiger partial charge in [-0.15, -0.1) is 0 Å². The summed E-state index contributed by atoms with van der Waals surface area (Å²) < 4.78 is 0. The van der Waals surface area contributed by atoms with Crippen molar-refractivity contribution in [3.63, 3.8) is 0 Å². The van der Waals surface area contributed by atoms with Gasteiger partial charge in [-0.05, 0) is 72.8 Å². The third kappa shape index (κ3) is 1.78. The zero-order valence-corrected chi connectivity index (χ0v) is 13.4. The number of aromatic hydroxyl groups is 2. The Balaban J connectivity index is 1.80. The third-order valence-corrected chi connectivity index (χ3v) is 7.02. The minimum absolute atomic E-state index is 0.0463. The van der Waals surface area contributed by atoms with E-state index in [0.29, 0.717) is 23.7 Å². The summed E-state index contributed by atoms with van der Waals surface area (Å²) in [6.45, 7) is 4.54. The fourth-order valence-electron chi connectivity index (χ4n) is 6.20. The average molecular weight is 302 g/mol. The summed E-state index contributed by atoms with van der Waals surface area (Å²) in [5, 5.41) is 30.7. The molecule has 120 valence electrons. The molecule has 0 spiro atoms. The Labute approximate surface area is 132 Å². The molecule has 6 atom stereocenters. The Morgan fingerprint density at radius 2 is 1.91 bits per heavy atom. The number of phenols is 2. The first-order valence-corrected chi connectivity index (χ1v) is 8.64. The van der Waals surface area contributed by atoms with Gasteiger partial charge >= 0.3 is 0 Å². The van der Waals surface area contributed by atoms with E-state index in [1.54, 1.807) is 0 Å². The van der Waals surface area contributed by atoms with Crippen molar-refractivity contribution in [2.75, 3.05) is 0 Å². The van der Waals surface area contributed by atoms with E-state index >= 15 is 0 Å². The van der Waals surface area contributed by atoms with E-state index < -0.39 is 0 Å². The number of fused-ring (bicyclic) bond motifs is 5. The number of aliphatic hydroxyl groups excluding tert-OH is 1. The largest absolute Gasteiger partial charge is 0.508 e. The normalized spacial score (nSPS) is 43.3. The van der Waals surface area contributed by atoms with Gasteiger partial charge in [-0.1, -0.05) is 13.8 Å². The number of aliphatic hydroxyl groups is 1. The van der Waals surface area contributed by atoms with Crippen LogP contribution in [0.2, 0.25) is 0 Å². The Morgan fingerprint density at radius 1 is 1.14 bits per heavy atom. The number of hydrogen-bond donors (Lipinski definition) is 3. The summed E-state index contributed by atoms with van der Waals surface area (Å²) in [5.74, 6) is 2.36. The Kier molecular flexibility index (Phi) is 3.03. The van der Waals surface area contributed by atoms with Crippen molar-refractivity contribution in [3.8, 4) is 11.5 Å². The van der Waals surface area contributed by atoms with E-state index in [1.165, 1.54) is 6.07 Å². The molecule has 2 saturated carbocycles. The van der Waals surface area contributed by atoms with Crippen molar-refractivity contribution in [2.45, 2.75) is 58.0 Å². The predicted octanol–water partition coefficient (Wildman–Crippen LogP) is 3.56. The van der Waals surface area contributed by atoms with Crippen LogP contribution in [0.3, 0.4) is 0 Å². The first-order valence-electron chi connectivity index (χ1n) is 8.64. The lowest BCUT2D eigenvalue weighted by atomic mass is 9.52. The summed E-state index contributed by atoms with van der Waals surface area (Å²) in [6.07, 6.45) is 4.92. The van der Waals surface area contributed by atoms with Gasteiger partial charge in [-0.3, -0.25) is 0 Å². The smallest absolute Gasteiger partial charge is 0.123 e. The SMILES string of the molecule is C[C@@H]1C[C@]2(C)C(O)CC[C@H]2[C@H]2CCc3cc(O)cc(O)c3[C@H]21. The van der Waals surface area contributed by atoms with Crippen LogP contribution >= 0.6 is 0 Å². The highest BCUT2D eigenvalue weighted by atomic mass is 16.3. The van der Waals surface area contributed by atoms with Crippen LogP contribution in [0.4, 0.5) is 0 Å². The molecule has 22 heavy (non-hydrogen) atoms. The molecule has 3 aliphatic rings. The molecule has 0 bridgehead atoms. The van der Waals surface area contributed by atoms with Gasteiger partial charge < -0.3 is 15.3 Å². The van der Waals surface area contributed by atoms with E-state index in [2.05, 4.69) is 13.8 Å². The van der Waals surface area contributed by atoms with Crippen LogP contribution in [0.25, 0.3) is 0 Å². The standard InChI is InChI=1S/C19H26O3/c1-10-9-19(2)14(5-6-16(19)22)13-4-3-11-7-12(20)8-15(21)18(11)17(10)13/h7-8,10,13-14,16-17,20-22H,3-6,9H2,1-2H3/t10-,13-,14+,16?,17+,19+/m1/s1. The summed E-state index contributed by atoms with van der Waals surface area (Å²) in [6, 6.07) is 3.32. The van der Waals surface area contributed by atoms with Gasteiger partial charge in [0.25, 0.3) is 0 Å². The topological polar surface area (TPSA) is 60.7 Å². The molecule has 1 unspecified atom stereocenters. The maximum atomic E-state index is 10.5. The number of phenolic OH excluding ortho intramolecular Hbond substituents is 2. The fraction of sp³-hybridized carbons (Fsp3) is 0.684. The minimum atomic E-state index is -0.171. The Morgan fingerprint density at radius 3 is 2.68 bits per heavy atom. The van der Waals surface area contributed by atoms with Crippen molar-refractivity contribution < 1.29 is 15.3 Å². The van der Waals surface area contributed by atoms with E-state index in [4.69, 9.17) is 0 Å². The quantitative estimate of drug-likeness (QED) is 0.686. The molecule has 3 aliphatic carbocycles. The van der Waals surface area contributed by atoms with Gasteiger partial charge in [-0.2, -0.15) is 0 Å². The fourth-order valence-corrected chi connectivity index (χ4v) is 6.20. The predicted molar refractivity (Wildman–Crippen MR) is 84.9 cm³/mol. The molecule has 1 aromatic rings. The molecule has 0 heterocycles. The molecule has 3 N–H and O–H groups in total. The molecule has 0 radical (unpaired) electrons. The molecule has 0 aliphatic heterocycles. The Bertz CT molecular complexity index is 611. The maximum absolute atomic E-state index is 10.5. The lowest BCUT2D eigenvalue weighted by molar-refractivity contribution is -0.0445. The number of benzene rings is 1. The van der Waals surface area contributed by atoms with Crippen LogP contribution in [-0.4, -0.2) is 21.4 Å². The number of aryl methyl sites for hydroxylation is 1.